The van der Waals surface area contributed by atoms with Gasteiger partial charge in [-0.05, 0) is 26.7 Å². The third-order valence-electron chi connectivity index (χ3n) is 2.68. The van der Waals surface area contributed by atoms with E-state index in [1.807, 2.05) is 6.92 Å². The lowest BCUT2D eigenvalue weighted by Crippen LogP contribution is -2.41. The first-order valence-corrected chi connectivity index (χ1v) is 5.48. The Bertz CT molecular complexity index is 371. The van der Waals surface area contributed by atoms with Crippen LogP contribution in [0.4, 0.5) is 0 Å². The second-order valence-electron chi connectivity index (χ2n) is 4.06. The molecule has 6 heteroatoms. The Morgan fingerprint density at radius 1 is 1.69 bits per heavy atom. The number of rotatable bonds is 3. The monoisotopic (exact) mass is 224 g/mol. The zero-order valence-corrected chi connectivity index (χ0v) is 9.49. The molecule has 6 nitrogen and oxygen atoms in total. The summed E-state index contributed by atoms with van der Waals surface area (Å²) in [6, 6.07) is -0.00574. The van der Waals surface area contributed by atoms with Crippen LogP contribution in [-0.2, 0) is 4.74 Å². The topological polar surface area (TPSA) is 79.9 Å². The molecule has 1 aromatic heterocycles. The summed E-state index contributed by atoms with van der Waals surface area (Å²) in [6.45, 7) is 4.48. The van der Waals surface area contributed by atoms with Gasteiger partial charge in [0.1, 0.15) is 5.82 Å². The lowest BCUT2D eigenvalue weighted by atomic mass is 10.1. The Balaban J connectivity index is 1.91. The molecule has 2 unspecified atom stereocenters. The number of H-pyrrole nitrogens is 1. The minimum Gasteiger partial charge on any atom is -0.376 e. The van der Waals surface area contributed by atoms with Gasteiger partial charge in [-0.2, -0.15) is 0 Å². The van der Waals surface area contributed by atoms with Gasteiger partial charge in [-0.15, -0.1) is 5.10 Å². The first kappa shape index (κ1) is 11.1. The molecule has 0 aliphatic carbocycles. The fourth-order valence-corrected chi connectivity index (χ4v) is 1.81. The van der Waals surface area contributed by atoms with E-state index in [1.54, 1.807) is 6.92 Å². The van der Waals surface area contributed by atoms with Gasteiger partial charge < -0.3 is 10.1 Å². The molecule has 2 heterocycles. The van der Waals surface area contributed by atoms with E-state index in [2.05, 4.69) is 20.5 Å². The lowest BCUT2D eigenvalue weighted by Gasteiger charge is -2.18. The van der Waals surface area contributed by atoms with Gasteiger partial charge in [-0.25, -0.2) is 4.98 Å². The zero-order valence-electron chi connectivity index (χ0n) is 9.49. The van der Waals surface area contributed by atoms with Crippen LogP contribution >= 0.6 is 0 Å². The van der Waals surface area contributed by atoms with Gasteiger partial charge in [-0.1, -0.05) is 0 Å². The molecular formula is C10H16N4O2. The number of aromatic nitrogens is 3. The van der Waals surface area contributed by atoms with Crippen LogP contribution in [0.25, 0.3) is 0 Å². The fraction of sp³-hybridized carbons (Fsp3) is 0.700. The highest BCUT2D eigenvalue weighted by atomic mass is 16.5. The molecule has 1 amide bonds. The third-order valence-corrected chi connectivity index (χ3v) is 2.68. The van der Waals surface area contributed by atoms with Crippen LogP contribution in [-0.4, -0.2) is 39.8 Å². The smallest absolute Gasteiger partial charge is 0.291 e. The Kier molecular flexibility index (Phi) is 3.19. The Hall–Kier alpha value is -1.43. The molecule has 0 spiro atoms. The minimum atomic E-state index is -0.257. The number of aryl methyl sites for hydroxylation is 1. The van der Waals surface area contributed by atoms with Crippen molar-refractivity contribution in [3.63, 3.8) is 0 Å². The maximum atomic E-state index is 11.7. The van der Waals surface area contributed by atoms with Crippen LogP contribution in [0, 0.1) is 6.92 Å². The molecule has 0 radical (unpaired) electrons. The number of hydrogen-bond donors (Lipinski definition) is 2. The van der Waals surface area contributed by atoms with E-state index in [1.165, 1.54) is 0 Å². The summed E-state index contributed by atoms with van der Waals surface area (Å²) in [6.07, 6.45) is 2.17. The first-order valence-electron chi connectivity index (χ1n) is 5.48. The molecule has 16 heavy (non-hydrogen) atoms. The predicted octanol–water partition coefficient (Wildman–Crippen LogP) is 0.410. The number of aromatic amines is 1. The maximum absolute atomic E-state index is 11.7. The number of carbonyl (C=O) groups excluding carboxylic acids is 1. The second kappa shape index (κ2) is 4.61. The molecule has 1 aliphatic heterocycles. The van der Waals surface area contributed by atoms with Crippen molar-refractivity contribution in [2.24, 2.45) is 0 Å². The molecule has 0 saturated carbocycles. The summed E-state index contributed by atoms with van der Waals surface area (Å²) in [5.41, 5.74) is 0. The van der Waals surface area contributed by atoms with Gasteiger partial charge in [-0.3, -0.25) is 9.89 Å². The maximum Gasteiger partial charge on any atom is 0.291 e. The number of carbonyl (C=O) groups is 1. The largest absolute Gasteiger partial charge is 0.376 e. The average molecular weight is 224 g/mol. The summed E-state index contributed by atoms with van der Waals surface area (Å²) in [5, 5.41) is 9.29. The van der Waals surface area contributed by atoms with Crippen molar-refractivity contribution < 1.29 is 9.53 Å². The number of nitrogens with one attached hydrogen (secondary N) is 2. The van der Waals surface area contributed by atoms with Crippen LogP contribution in [0.1, 0.15) is 36.2 Å². The van der Waals surface area contributed by atoms with Crippen molar-refractivity contribution in [3.8, 4) is 0 Å². The summed E-state index contributed by atoms with van der Waals surface area (Å²) in [7, 11) is 0. The van der Waals surface area contributed by atoms with Crippen molar-refractivity contribution >= 4 is 5.91 Å². The SMILES string of the molecule is Cc1nc(C(=O)NC(C)C2CCCO2)n[nH]1. The number of nitrogens with zero attached hydrogens (tertiary/aromatic N) is 2. The number of ether oxygens (including phenoxy) is 1. The highest BCUT2D eigenvalue weighted by Gasteiger charge is 2.24. The second-order valence-corrected chi connectivity index (χ2v) is 4.06. The summed E-state index contributed by atoms with van der Waals surface area (Å²) in [5.74, 6) is 0.560. The lowest BCUT2D eigenvalue weighted by molar-refractivity contribution is 0.0706. The summed E-state index contributed by atoms with van der Waals surface area (Å²) in [4.78, 5) is 15.7. The third kappa shape index (κ3) is 2.38. The fourth-order valence-electron chi connectivity index (χ4n) is 1.81. The molecule has 1 saturated heterocycles. The zero-order chi connectivity index (χ0) is 11.5. The molecule has 1 aromatic rings. The van der Waals surface area contributed by atoms with Crippen molar-refractivity contribution in [2.75, 3.05) is 6.61 Å². The molecule has 2 rings (SSSR count). The molecule has 88 valence electrons. The number of amides is 1. The van der Waals surface area contributed by atoms with Crippen LogP contribution in [0.5, 0.6) is 0 Å². The Morgan fingerprint density at radius 3 is 3.06 bits per heavy atom. The van der Waals surface area contributed by atoms with E-state index in [0.29, 0.717) is 5.82 Å². The van der Waals surface area contributed by atoms with Crippen molar-refractivity contribution in [2.45, 2.75) is 38.8 Å². The van der Waals surface area contributed by atoms with Crippen molar-refractivity contribution in [1.29, 1.82) is 0 Å². The van der Waals surface area contributed by atoms with Gasteiger partial charge in [0, 0.05) is 6.61 Å². The summed E-state index contributed by atoms with van der Waals surface area (Å²) < 4.78 is 5.49. The van der Waals surface area contributed by atoms with Gasteiger partial charge >= 0.3 is 0 Å². The molecule has 0 bridgehead atoms. The minimum absolute atomic E-state index is 0.00574. The molecule has 1 aliphatic rings. The van der Waals surface area contributed by atoms with Gasteiger partial charge in [0.05, 0.1) is 12.1 Å². The Morgan fingerprint density at radius 2 is 2.50 bits per heavy atom. The first-order chi connectivity index (χ1) is 7.66. The van der Waals surface area contributed by atoms with Gasteiger partial charge in [0.2, 0.25) is 5.82 Å². The van der Waals surface area contributed by atoms with E-state index >= 15 is 0 Å². The normalized spacial score (nSPS) is 22.0. The van der Waals surface area contributed by atoms with Crippen LogP contribution in [0.3, 0.4) is 0 Å². The Labute approximate surface area is 93.8 Å². The van der Waals surface area contributed by atoms with E-state index in [4.69, 9.17) is 4.74 Å². The van der Waals surface area contributed by atoms with E-state index in [9.17, 15) is 4.79 Å². The van der Waals surface area contributed by atoms with E-state index < -0.39 is 0 Å². The quantitative estimate of drug-likeness (QED) is 0.779. The average Bonchev–Trinajstić information content (AvgIpc) is 2.87. The van der Waals surface area contributed by atoms with Crippen LogP contribution in [0.15, 0.2) is 0 Å². The molecule has 2 N–H and O–H groups in total. The summed E-state index contributed by atoms with van der Waals surface area (Å²) >= 11 is 0. The molecular weight excluding hydrogens is 208 g/mol. The standard InChI is InChI=1S/C10H16N4O2/c1-6(8-4-3-5-16-8)11-10(15)9-12-7(2)13-14-9/h6,8H,3-5H2,1-2H3,(H,11,15)(H,12,13,14). The predicted molar refractivity (Wildman–Crippen MR) is 57.0 cm³/mol. The van der Waals surface area contributed by atoms with E-state index in [0.717, 1.165) is 19.4 Å². The number of hydrogen-bond acceptors (Lipinski definition) is 4. The molecule has 2 atom stereocenters. The van der Waals surface area contributed by atoms with Crippen molar-refractivity contribution in [1.82, 2.24) is 20.5 Å². The van der Waals surface area contributed by atoms with Crippen LogP contribution in [0.2, 0.25) is 0 Å². The highest BCUT2D eigenvalue weighted by molar-refractivity contribution is 5.90. The molecule has 0 aromatic carbocycles. The van der Waals surface area contributed by atoms with Gasteiger partial charge in [0.25, 0.3) is 5.91 Å². The highest BCUT2D eigenvalue weighted by Crippen LogP contribution is 2.15. The van der Waals surface area contributed by atoms with Crippen molar-refractivity contribution in [3.05, 3.63) is 11.6 Å². The van der Waals surface area contributed by atoms with Crippen LogP contribution < -0.4 is 5.32 Å². The molecule has 1 fully saturated rings. The van der Waals surface area contributed by atoms with Gasteiger partial charge in [0.15, 0.2) is 0 Å². The van der Waals surface area contributed by atoms with E-state index in [-0.39, 0.29) is 23.9 Å².